The van der Waals surface area contributed by atoms with Crippen LogP contribution < -0.4 is 9.47 Å². The second-order valence-electron chi connectivity index (χ2n) is 3.76. The molecule has 1 rings (SSSR count). The van der Waals surface area contributed by atoms with Gasteiger partial charge in [0.05, 0.1) is 7.11 Å². The Labute approximate surface area is 110 Å². The Morgan fingerprint density at radius 3 is 2.68 bits per heavy atom. The Kier molecular flexibility index (Phi) is 5.59. The van der Waals surface area contributed by atoms with Crippen LogP contribution >= 0.6 is 0 Å². The van der Waals surface area contributed by atoms with Crippen LogP contribution in [0, 0.1) is 10.1 Å². The van der Waals surface area contributed by atoms with Gasteiger partial charge >= 0.3 is 0 Å². The third kappa shape index (κ3) is 5.24. The number of ether oxygens (including phenoxy) is 2. The molecule has 1 aromatic rings. The first-order valence-corrected chi connectivity index (χ1v) is 5.59. The van der Waals surface area contributed by atoms with Gasteiger partial charge < -0.3 is 14.3 Å². The zero-order valence-corrected chi connectivity index (χ0v) is 10.8. The van der Waals surface area contributed by atoms with Gasteiger partial charge in [-0.1, -0.05) is 0 Å². The van der Waals surface area contributed by atoms with Crippen LogP contribution in [0.3, 0.4) is 0 Å². The van der Waals surface area contributed by atoms with E-state index in [4.69, 9.17) is 9.47 Å². The predicted molar refractivity (Wildman–Crippen MR) is 65.8 cm³/mol. The van der Waals surface area contributed by atoms with Gasteiger partial charge in [0.1, 0.15) is 30.5 Å². The Morgan fingerprint density at radius 1 is 1.37 bits per heavy atom. The summed E-state index contributed by atoms with van der Waals surface area (Å²) in [7, 11) is 1.52. The Hall–Kier alpha value is -2.31. The van der Waals surface area contributed by atoms with E-state index in [2.05, 4.69) is 4.84 Å². The largest absolute Gasteiger partial charge is 0.496 e. The number of Topliss-reactive ketones (excluding diaryl/α,β-unsaturated/α-hetero) is 1. The average molecular weight is 269 g/mol. The second-order valence-corrected chi connectivity index (χ2v) is 3.76. The molecule has 0 unspecified atom stereocenters. The molecule has 0 heterocycles. The van der Waals surface area contributed by atoms with E-state index in [1.165, 1.54) is 14.0 Å². The molecule has 1 aromatic carbocycles. The van der Waals surface area contributed by atoms with Crippen LogP contribution in [0.2, 0.25) is 0 Å². The van der Waals surface area contributed by atoms with E-state index in [1.54, 1.807) is 18.2 Å². The smallest absolute Gasteiger partial charge is 0.294 e. The number of carbonyl (C=O) groups is 1. The molecule has 19 heavy (non-hydrogen) atoms. The highest BCUT2D eigenvalue weighted by Crippen LogP contribution is 2.24. The van der Waals surface area contributed by atoms with Gasteiger partial charge in [0.2, 0.25) is 0 Å². The van der Waals surface area contributed by atoms with Crippen molar-refractivity contribution in [3.63, 3.8) is 0 Å². The summed E-state index contributed by atoms with van der Waals surface area (Å²) >= 11 is 0. The Balaban J connectivity index is 2.64. The molecule has 0 bridgehead atoms. The topological polar surface area (TPSA) is 87.9 Å². The van der Waals surface area contributed by atoms with Gasteiger partial charge in [-0.3, -0.25) is 4.79 Å². The molecular formula is C12H15NO6. The molecule has 0 radical (unpaired) electrons. The van der Waals surface area contributed by atoms with Gasteiger partial charge in [0.15, 0.2) is 0 Å². The van der Waals surface area contributed by atoms with Crippen molar-refractivity contribution in [1.29, 1.82) is 0 Å². The fourth-order valence-electron chi connectivity index (χ4n) is 1.52. The maximum absolute atomic E-state index is 11.1. The van der Waals surface area contributed by atoms with Crippen molar-refractivity contribution in [2.45, 2.75) is 13.3 Å². The third-order valence-corrected chi connectivity index (χ3v) is 2.24. The molecule has 0 saturated heterocycles. The summed E-state index contributed by atoms with van der Waals surface area (Å²) in [6.45, 7) is 1.38. The Bertz CT molecular complexity index is 460. The lowest BCUT2D eigenvalue weighted by atomic mass is 10.1. The monoisotopic (exact) mass is 269 g/mol. The van der Waals surface area contributed by atoms with Crippen molar-refractivity contribution < 1.29 is 24.2 Å². The molecule has 0 aromatic heterocycles. The molecule has 7 nitrogen and oxygen atoms in total. The van der Waals surface area contributed by atoms with Gasteiger partial charge in [0, 0.05) is 12.0 Å². The molecule has 104 valence electrons. The molecule has 0 fully saturated rings. The maximum Gasteiger partial charge on any atom is 0.294 e. The molecule has 0 aliphatic carbocycles. The Morgan fingerprint density at radius 2 is 2.11 bits per heavy atom. The summed E-state index contributed by atoms with van der Waals surface area (Å²) in [5.41, 5.74) is 0.711. The van der Waals surface area contributed by atoms with Crippen LogP contribution in [-0.4, -0.2) is 31.2 Å². The summed E-state index contributed by atoms with van der Waals surface area (Å²) in [4.78, 5) is 25.2. The first kappa shape index (κ1) is 14.7. The summed E-state index contributed by atoms with van der Waals surface area (Å²) < 4.78 is 10.4. The summed E-state index contributed by atoms with van der Waals surface area (Å²) in [6, 6.07) is 5.02. The van der Waals surface area contributed by atoms with Crippen LogP contribution in [0.4, 0.5) is 0 Å². The highest BCUT2D eigenvalue weighted by atomic mass is 17.0. The fraction of sp³-hybridized carbons (Fsp3) is 0.417. The van der Waals surface area contributed by atoms with Gasteiger partial charge in [-0.05, 0) is 25.1 Å². The van der Waals surface area contributed by atoms with Crippen LogP contribution in [-0.2, 0) is 16.1 Å². The van der Waals surface area contributed by atoms with E-state index in [0.717, 1.165) is 0 Å². The van der Waals surface area contributed by atoms with Crippen molar-refractivity contribution in [2.75, 3.05) is 20.3 Å². The van der Waals surface area contributed by atoms with Gasteiger partial charge in [-0.25, -0.2) is 0 Å². The average Bonchev–Trinajstić information content (AvgIpc) is 2.34. The number of rotatable bonds is 8. The zero-order chi connectivity index (χ0) is 14.3. The standard InChI is InChI=1S/C12H15NO6/c1-9(14)7-10-8-11(3-4-12(10)17-2)18-5-6-19-13(15)16/h3-4,8H,5-7H2,1-2H3. The van der Waals surface area contributed by atoms with Crippen molar-refractivity contribution in [3.05, 3.63) is 33.9 Å². The molecule has 0 N–H and O–H groups in total. The molecule has 0 saturated carbocycles. The highest BCUT2D eigenvalue weighted by Gasteiger charge is 2.07. The van der Waals surface area contributed by atoms with E-state index < -0.39 is 5.09 Å². The van der Waals surface area contributed by atoms with Crippen molar-refractivity contribution in [1.82, 2.24) is 0 Å². The highest BCUT2D eigenvalue weighted by molar-refractivity contribution is 5.79. The number of hydrogen-bond acceptors (Lipinski definition) is 6. The minimum Gasteiger partial charge on any atom is -0.496 e. The first-order chi connectivity index (χ1) is 9.02. The number of benzene rings is 1. The van der Waals surface area contributed by atoms with E-state index in [9.17, 15) is 14.9 Å². The number of nitrogens with zero attached hydrogens (tertiary/aromatic N) is 1. The lowest BCUT2D eigenvalue weighted by molar-refractivity contribution is -0.757. The quantitative estimate of drug-likeness (QED) is 0.403. The fourth-order valence-corrected chi connectivity index (χ4v) is 1.52. The molecule has 0 aliphatic rings. The van der Waals surface area contributed by atoms with Crippen LogP contribution in [0.5, 0.6) is 11.5 Å². The van der Waals surface area contributed by atoms with E-state index in [0.29, 0.717) is 17.1 Å². The normalized spacial score (nSPS) is 9.79. The first-order valence-electron chi connectivity index (χ1n) is 5.59. The summed E-state index contributed by atoms with van der Waals surface area (Å²) in [5.74, 6) is 1.11. The zero-order valence-electron chi connectivity index (χ0n) is 10.8. The minimum absolute atomic E-state index is 0.00661. The third-order valence-electron chi connectivity index (χ3n) is 2.24. The van der Waals surface area contributed by atoms with E-state index in [1.807, 2.05) is 0 Å². The van der Waals surface area contributed by atoms with Crippen molar-refractivity contribution in [2.24, 2.45) is 0 Å². The predicted octanol–water partition coefficient (Wildman–Crippen LogP) is 1.41. The maximum atomic E-state index is 11.1. The number of ketones is 1. The second kappa shape index (κ2) is 7.20. The minimum atomic E-state index is -0.876. The number of carbonyl (C=O) groups excluding carboxylic acids is 1. The lowest BCUT2D eigenvalue weighted by Crippen LogP contribution is -2.10. The molecule has 0 aliphatic heterocycles. The van der Waals surface area contributed by atoms with Crippen LogP contribution in [0.25, 0.3) is 0 Å². The number of hydrogen-bond donors (Lipinski definition) is 0. The molecule has 0 amide bonds. The van der Waals surface area contributed by atoms with E-state index in [-0.39, 0.29) is 25.4 Å². The van der Waals surface area contributed by atoms with Gasteiger partial charge in [-0.15, -0.1) is 10.1 Å². The lowest BCUT2D eigenvalue weighted by Gasteiger charge is -2.10. The SMILES string of the molecule is COc1ccc(OCCO[N+](=O)[O-])cc1CC(C)=O. The van der Waals surface area contributed by atoms with Gasteiger partial charge in [0.25, 0.3) is 5.09 Å². The van der Waals surface area contributed by atoms with Crippen molar-refractivity contribution >= 4 is 5.78 Å². The van der Waals surface area contributed by atoms with Crippen LogP contribution in [0.15, 0.2) is 18.2 Å². The number of methoxy groups -OCH3 is 1. The molecule has 7 heteroatoms. The molecule has 0 atom stereocenters. The summed E-state index contributed by atoms with van der Waals surface area (Å²) in [6.07, 6.45) is 0.242. The van der Waals surface area contributed by atoms with Crippen LogP contribution in [0.1, 0.15) is 12.5 Å². The van der Waals surface area contributed by atoms with E-state index >= 15 is 0 Å². The molecule has 0 spiro atoms. The summed E-state index contributed by atoms with van der Waals surface area (Å²) in [5, 5.41) is 9.07. The van der Waals surface area contributed by atoms with Crippen molar-refractivity contribution in [3.8, 4) is 11.5 Å². The van der Waals surface area contributed by atoms with Gasteiger partial charge in [-0.2, -0.15) is 0 Å². The molecular weight excluding hydrogens is 254 g/mol.